The first-order valence-corrected chi connectivity index (χ1v) is 11.9. The van der Waals surface area contributed by atoms with Crippen molar-refractivity contribution < 1.29 is 14.3 Å². The topological polar surface area (TPSA) is 81.8 Å². The lowest BCUT2D eigenvalue weighted by molar-refractivity contribution is -0.135. The molecule has 9 heteroatoms. The number of hydrogen-bond acceptors (Lipinski definition) is 6. The first-order valence-electron chi connectivity index (χ1n) is 11.9. The van der Waals surface area contributed by atoms with Gasteiger partial charge in [-0.05, 0) is 30.7 Å². The van der Waals surface area contributed by atoms with Crippen LogP contribution in [0.15, 0.2) is 53.5 Å². The summed E-state index contributed by atoms with van der Waals surface area (Å²) in [4.78, 5) is 30.9. The predicted octanol–water partition coefficient (Wildman–Crippen LogP) is 2.52. The molecule has 0 saturated carbocycles. The molecule has 2 aliphatic heterocycles. The van der Waals surface area contributed by atoms with E-state index in [1.807, 2.05) is 52.8 Å². The number of para-hydroxylation sites is 1. The van der Waals surface area contributed by atoms with E-state index in [4.69, 9.17) is 9.47 Å². The SMILES string of the molecule is C[C@H](C(=O)N1CCN(Cc2ccc3c(c2)OCO3)CC1)n1c2ccccc2c2cnn(C)c(=O)c21. The number of nitrogens with zero attached hydrogens (tertiary/aromatic N) is 5. The monoisotopic (exact) mass is 473 g/mol. The third kappa shape index (κ3) is 3.63. The van der Waals surface area contributed by atoms with Gasteiger partial charge in [0.2, 0.25) is 12.7 Å². The molecule has 0 unspecified atom stereocenters. The van der Waals surface area contributed by atoms with Crippen LogP contribution in [0.2, 0.25) is 0 Å². The Morgan fingerprint density at radius 3 is 2.63 bits per heavy atom. The zero-order chi connectivity index (χ0) is 24.1. The van der Waals surface area contributed by atoms with E-state index in [1.54, 1.807) is 13.2 Å². The fraction of sp³-hybridized carbons (Fsp3) is 0.346. The third-order valence-corrected chi connectivity index (χ3v) is 7.08. The van der Waals surface area contributed by atoms with Gasteiger partial charge in [-0.2, -0.15) is 5.10 Å². The van der Waals surface area contributed by atoms with E-state index in [0.29, 0.717) is 18.6 Å². The molecule has 0 aliphatic carbocycles. The van der Waals surface area contributed by atoms with Crippen LogP contribution < -0.4 is 15.0 Å². The van der Waals surface area contributed by atoms with Crippen molar-refractivity contribution in [2.75, 3.05) is 33.0 Å². The Morgan fingerprint density at radius 1 is 1.03 bits per heavy atom. The quantitative estimate of drug-likeness (QED) is 0.453. The lowest BCUT2D eigenvalue weighted by Gasteiger charge is -2.36. The second-order valence-electron chi connectivity index (χ2n) is 9.19. The Labute approximate surface area is 202 Å². The fourth-order valence-electron chi connectivity index (χ4n) is 5.19. The summed E-state index contributed by atoms with van der Waals surface area (Å²) in [6, 6.07) is 13.3. The highest BCUT2D eigenvalue weighted by atomic mass is 16.7. The number of carbonyl (C=O) groups is 1. The number of fused-ring (bicyclic) bond motifs is 4. The second kappa shape index (κ2) is 8.42. The lowest BCUT2D eigenvalue weighted by Crippen LogP contribution is -2.50. The molecule has 9 nitrogen and oxygen atoms in total. The molecule has 180 valence electrons. The van der Waals surface area contributed by atoms with Gasteiger partial charge in [0.15, 0.2) is 11.5 Å². The molecule has 0 bridgehead atoms. The molecule has 1 fully saturated rings. The minimum atomic E-state index is -0.507. The van der Waals surface area contributed by atoms with Gasteiger partial charge in [0, 0.05) is 50.5 Å². The zero-order valence-corrected chi connectivity index (χ0v) is 19.8. The van der Waals surface area contributed by atoms with Crippen molar-refractivity contribution in [3.8, 4) is 11.5 Å². The lowest BCUT2D eigenvalue weighted by atomic mass is 10.1. The van der Waals surface area contributed by atoms with Crippen LogP contribution in [0, 0.1) is 0 Å². The van der Waals surface area contributed by atoms with Gasteiger partial charge < -0.3 is 18.9 Å². The molecule has 4 aromatic rings. The minimum absolute atomic E-state index is 0.0225. The second-order valence-corrected chi connectivity index (χ2v) is 9.19. The summed E-state index contributed by atoms with van der Waals surface area (Å²) in [5.41, 5.74) is 2.35. The number of carbonyl (C=O) groups excluding carboxylic acids is 1. The molecular formula is C26H27N5O4. The summed E-state index contributed by atoms with van der Waals surface area (Å²) in [6.07, 6.45) is 1.71. The average molecular weight is 474 g/mol. The van der Waals surface area contributed by atoms with E-state index in [2.05, 4.69) is 16.1 Å². The summed E-state index contributed by atoms with van der Waals surface area (Å²) in [5, 5.41) is 5.91. The van der Waals surface area contributed by atoms with Gasteiger partial charge in [0.05, 0.1) is 11.7 Å². The van der Waals surface area contributed by atoms with Crippen molar-refractivity contribution in [2.45, 2.75) is 19.5 Å². The van der Waals surface area contributed by atoms with Gasteiger partial charge in [-0.25, -0.2) is 4.68 Å². The molecule has 4 heterocycles. The van der Waals surface area contributed by atoms with Crippen LogP contribution in [0.4, 0.5) is 0 Å². The number of hydrogen-bond donors (Lipinski definition) is 0. The Morgan fingerprint density at radius 2 is 1.80 bits per heavy atom. The van der Waals surface area contributed by atoms with Gasteiger partial charge >= 0.3 is 0 Å². The van der Waals surface area contributed by atoms with Crippen molar-refractivity contribution >= 4 is 27.7 Å². The maximum absolute atomic E-state index is 13.6. The molecule has 2 aliphatic rings. The van der Waals surface area contributed by atoms with Gasteiger partial charge in [0.25, 0.3) is 5.56 Å². The van der Waals surface area contributed by atoms with Gasteiger partial charge in [-0.1, -0.05) is 24.3 Å². The smallest absolute Gasteiger partial charge is 0.291 e. The van der Waals surface area contributed by atoms with Gasteiger partial charge in [-0.15, -0.1) is 0 Å². The van der Waals surface area contributed by atoms with Crippen molar-refractivity contribution in [2.24, 2.45) is 7.05 Å². The average Bonchev–Trinajstić information content (AvgIpc) is 3.48. The summed E-state index contributed by atoms with van der Waals surface area (Å²) >= 11 is 0. The molecule has 6 rings (SSSR count). The summed E-state index contributed by atoms with van der Waals surface area (Å²) in [6.45, 7) is 5.80. The highest BCUT2D eigenvalue weighted by Crippen LogP contribution is 2.33. The number of piperazine rings is 1. The van der Waals surface area contributed by atoms with Crippen LogP contribution >= 0.6 is 0 Å². The van der Waals surface area contributed by atoms with Crippen molar-refractivity contribution in [1.82, 2.24) is 24.1 Å². The number of aryl methyl sites for hydroxylation is 1. The molecule has 2 aromatic carbocycles. The largest absolute Gasteiger partial charge is 0.454 e. The standard InChI is InChI=1S/C26H27N5O4/c1-17(31-21-6-4-3-5-19(21)20-14-27-28(2)26(33)24(20)31)25(32)30-11-9-29(10-12-30)15-18-7-8-22-23(13-18)35-16-34-22/h3-8,13-14,17H,9-12,15-16H2,1-2H3/t17-/m1/s1. The molecule has 35 heavy (non-hydrogen) atoms. The molecule has 2 aromatic heterocycles. The first kappa shape index (κ1) is 21.7. The Balaban J connectivity index is 1.21. The van der Waals surface area contributed by atoms with E-state index in [9.17, 15) is 9.59 Å². The molecule has 1 saturated heterocycles. The van der Waals surface area contributed by atoms with Gasteiger partial charge in [-0.3, -0.25) is 14.5 Å². The summed E-state index contributed by atoms with van der Waals surface area (Å²) < 4.78 is 14.1. The highest BCUT2D eigenvalue weighted by molar-refractivity contribution is 6.08. The Hall–Kier alpha value is -3.85. The number of benzene rings is 2. The number of rotatable bonds is 4. The van der Waals surface area contributed by atoms with Crippen LogP contribution in [0.3, 0.4) is 0 Å². The molecule has 1 atom stereocenters. The Bertz CT molecular complexity index is 1500. The molecule has 0 spiro atoms. The van der Waals surface area contributed by atoms with Crippen LogP contribution in [-0.2, 0) is 18.4 Å². The van der Waals surface area contributed by atoms with E-state index in [0.717, 1.165) is 53.0 Å². The molecule has 1 amide bonds. The maximum Gasteiger partial charge on any atom is 0.291 e. The van der Waals surface area contributed by atoms with E-state index in [1.165, 1.54) is 4.68 Å². The number of amides is 1. The number of aromatic nitrogens is 3. The Kier molecular flexibility index (Phi) is 5.21. The van der Waals surface area contributed by atoms with Crippen molar-refractivity contribution in [3.63, 3.8) is 0 Å². The molecule has 0 N–H and O–H groups in total. The zero-order valence-electron chi connectivity index (χ0n) is 19.8. The first-order chi connectivity index (χ1) is 17.0. The van der Waals surface area contributed by atoms with Crippen LogP contribution in [0.5, 0.6) is 11.5 Å². The number of ether oxygens (including phenoxy) is 2. The highest BCUT2D eigenvalue weighted by Gasteiger charge is 2.29. The van der Waals surface area contributed by atoms with Crippen LogP contribution in [0.1, 0.15) is 18.5 Å². The van der Waals surface area contributed by atoms with E-state index >= 15 is 0 Å². The summed E-state index contributed by atoms with van der Waals surface area (Å²) in [7, 11) is 1.63. The van der Waals surface area contributed by atoms with Crippen LogP contribution in [0.25, 0.3) is 21.8 Å². The van der Waals surface area contributed by atoms with Crippen molar-refractivity contribution in [1.29, 1.82) is 0 Å². The van der Waals surface area contributed by atoms with E-state index < -0.39 is 6.04 Å². The van der Waals surface area contributed by atoms with Crippen molar-refractivity contribution in [3.05, 3.63) is 64.6 Å². The minimum Gasteiger partial charge on any atom is -0.454 e. The summed E-state index contributed by atoms with van der Waals surface area (Å²) in [5.74, 6) is 1.60. The predicted molar refractivity (Wildman–Crippen MR) is 132 cm³/mol. The molecule has 0 radical (unpaired) electrons. The van der Waals surface area contributed by atoms with Gasteiger partial charge in [0.1, 0.15) is 11.6 Å². The maximum atomic E-state index is 13.6. The fourth-order valence-corrected chi connectivity index (χ4v) is 5.19. The normalized spacial score (nSPS) is 16.8. The molecular weight excluding hydrogens is 446 g/mol. The van der Waals surface area contributed by atoms with Crippen LogP contribution in [-0.4, -0.2) is 63.0 Å². The third-order valence-electron chi connectivity index (χ3n) is 7.08. The van der Waals surface area contributed by atoms with E-state index in [-0.39, 0.29) is 18.3 Å².